The minimum Gasteiger partial charge on any atom is -0.444 e. The molecule has 1 aromatic heterocycles. The molecule has 1 fully saturated rings. The third kappa shape index (κ3) is 7.25. The van der Waals surface area contributed by atoms with E-state index in [1.165, 1.54) is 4.90 Å². The van der Waals surface area contributed by atoms with E-state index >= 15 is 0 Å². The largest absolute Gasteiger partial charge is 0.444 e. The lowest BCUT2D eigenvalue weighted by Gasteiger charge is -2.35. The molecular weight excluding hydrogens is 415 g/mol. The molecule has 31 heavy (non-hydrogen) atoms. The van der Waals surface area contributed by atoms with Gasteiger partial charge in [0, 0.05) is 57.6 Å². The van der Waals surface area contributed by atoms with Crippen LogP contribution in [0.5, 0.6) is 0 Å². The van der Waals surface area contributed by atoms with Crippen LogP contribution < -0.4 is 4.90 Å². The van der Waals surface area contributed by atoms with Crippen LogP contribution >= 0.6 is 0 Å². The second-order valence-corrected chi connectivity index (χ2v) is 8.65. The highest BCUT2D eigenvalue weighted by atomic mass is 19.4. The highest BCUT2D eigenvalue weighted by Gasteiger charge is 2.32. The Morgan fingerprint density at radius 2 is 1.65 bits per heavy atom. The van der Waals surface area contributed by atoms with Gasteiger partial charge in [-0.15, -0.1) is 0 Å². The molecule has 0 atom stereocenters. The third-order valence-corrected chi connectivity index (χ3v) is 4.70. The van der Waals surface area contributed by atoms with E-state index in [0.717, 1.165) is 12.4 Å². The number of rotatable bonds is 5. The summed E-state index contributed by atoms with van der Waals surface area (Å²) in [5.74, 6) is 0.109. The van der Waals surface area contributed by atoms with E-state index in [2.05, 4.69) is 9.97 Å². The first-order valence-electron chi connectivity index (χ1n) is 10.2. The smallest absolute Gasteiger partial charge is 0.419 e. The number of halogens is 3. The Bertz CT molecular complexity index is 755. The molecule has 11 heteroatoms. The number of hydrogen-bond donors (Lipinski definition) is 0. The summed E-state index contributed by atoms with van der Waals surface area (Å²) < 4.78 is 43.3. The van der Waals surface area contributed by atoms with Crippen molar-refractivity contribution in [1.82, 2.24) is 19.8 Å². The monoisotopic (exact) mass is 445 g/mol. The summed E-state index contributed by atoms with van der Waals surface area (Å²) >= 11 is 0. The average molecular weight is 445 g/mol. The van der Waals surface area contributed by atoms with Crippen LogP contribution in [0.25, 0.3) is 0 Å². The number of carbonyl (C=O) groups excluding carboxylic acids is 2. The first kappa shape index (κ1) is 24.7. The number of carbonyl (C=O) groups is 2. The van der Waals surface area contributed by atoms with Gasteiger partial charge in [-0.05, 0) is 34.6 Å². The van der Waals surface area contributed by atoms with Gasteiger partial charge >= 0.3 is 12.3 Å². The Morgan fingerprint density at radius 1 is 1.10 bits per heavy atom. The third-order valence-electron chi connectivity index (χ3n) is 4.70. The van der Waals surface area contributed by atoms with E-state index in [0.29, 0.717) is 26.2 Å². The van der Waals surface area contributed by atoms with Gasteiger partial charge < -0.3 is 19.4 Å². The molecule has 2 amide bonds. The molecule has 2 rings (SSSR count). The van der Waals surface area contributed by atoms with Crippen molar-refractivity contribution in [2.24, 2.45) is 0 Å². The van der Waals surface area contributed by atoms with E-state index in [4.69, 9.17) is 4.74 Å². The predicted molar refractivity (Wildman–Crippen MR) is 109 cm³/mol. The number of ether oxygens (including phenoxy) is 1. The van der Waals surface area contributed by atoms with Crippen molar-refractivity contribution in [3.05, 3.63) is 18.0 Å². The van der Waals surface area contributed by atoms with E-state index in [9.17, 15) is 22.8 Å². The van der Waals surface area contributed by atoms with Crippen molar-refractivity contribution in [2.45, 2.75) is 58.9 Å². The number of amides is 2. The maximum atomic E-state index is 12.6. The summed E-state index contributed by atoms with van der Waals surface area (Å²) in [4.78, 5) is 37.5. The maximum absolute atomic E-state index is 12.6. The number of anilines is 1. The fourth-order valence-corrected chi connectivity index (χ4v) is 3.04. The van der Waals surface area contributed by atoms with Gasteiger partial charge in [0.2, 0.25) is 11.9 Å². The Hall–Kier alpha value is -2.59. The average Bonchev–Trinajstić information content (AvgIpc) is 2.66. The predicted octanol–water partition coefficient (Wildman–Crippen LogP) is 3.18. The zero-order valence-corrected chi connectivity index (χ0v) is 18.6. The highest BCUT2D eigenvalue weighted by Crippen LogP contribution is 2.28. The van der Waals surface area contributed by atoms with E-state index in [-0.39, 0.29) is 30.9 Å². The molecule has 174 valence electrons. The fourth-order valence-electron chi connectivity index (χ4n) is 3.04. The van der Waals surface area contributed by atoms with Crippen LogP contribution in [0, 0.1) is 0 Å². The Balaban J connectivity index is 1.86. The van der Waals surface area contributed by atoms with Gasteiger partial charge in [0.15, 0.2) is 0 Å². The standard InChI is InChI=1S/C20H30F3N5O3/c1-14(2)28(18(30)31-19(3,4)5)7-6-16(29)26-8-10-27(11-9-26)17-24-12-15(13-25-17)20(21,22)23/h12-14H,6-11H2,1-5H3. The molecule has 0 N–H and O–H groups in total. The molecule has 0 unspecified atom stereocenters. The SMILES string of the molecule is CC(C)N(CCC(=O)N1CCN(c2ncc(C(F)(F)F)cn2)CC1)C(=O)OC(C)(C)C. The molecule has 2 heterocycles. The van der Waals surface area contributed by atoms with Gasteiger partial charge in [0.25, 0.3) is 0 Å². The van der Waals surface area contributed by atoms with Crippen molar-refractivity contribution in [2.75, 3.05) is 37.6 Å². The quantitative estimate of drug-likeness (QED) is 0.693. The molecule has 1 saturated heterocycles. The molecule has 0 spiro atoms. The minimum absolute atomic E-state index is 0.0952. The lowest BCUT2D eigenvalue weighted by atomic mass is 10.2. The van der Waals surface area contributed by atoms with E-state index in [1.54, 1.807) is 30.6 Å². The van der Waals surface area contributed by atoms with Crippen LogP contribution in [0.2, 0.25) is 0 Å². The highest BCUT2D eigenvalue weighted by molar-refractivity contribution is 5.77. The second kappa shape index (κ2) is 9.69. The number of nitrogens with zero attached hydrogens (tertiary/aromatic N) is 5. The summed E-state index contributed by atoms with van der Waals surface area (Å²) in [5.41, 5.74) is -1.52. The molecular formula is C20H30F3N5O3. The van der Waals surface area contributed by atoms with Gasteiger partial charge in [0.05, 0.1) is 5.56 Å². The first-order chi connectivity index (χ1) is 14.3. The number of alkyl halides is 3. The Labute approximate surface area is 180 Å². The second-order valence-electron chi connectivity index (χ2n) is 8.65. The van der Waals surface area contributed by atoms with E-state index < -0.39 is 23.4 Å². The van der Waals surface area contributed by atoms with Crippen molar-refractivity contribution in [1.29, 1.82) is 0 Å². The summed E-state index contributed by atoms with van der Waals surface area (Å²) in [5, 5.41) is 0. The van der Waals surface area contributed by atoms with Gasteiger partial charge in [-0.2, -0.15) is 13.2 Å². The van der Waals surface area contributed by atoms with Gasteiger partial charge in [-0.3, -0.25) is 4.79 Å². The molecule has 8 nitrogen and oxygen atoms in total. The minimum atomic E-state index is -4.48. The van der Waals surface area contributed by atoms with Crippen LogP contribution in [-0.2, 0) is 15.7 Å². The van der Waals surface area contributed by atoms with Gasteiger partial charge in [-0.25, -0.2) is 14.8 Å². The van der Waals surface area contributed by atoms with Crippen LogP contribution in [0.1, 0.15) is 46.6 Å². The molecule has 0 bridgehead atoms. The van der Waals surface area contributed by atoms with Crippen molar-refractivity contribution in [3.8, 4) is 0 Å². The molecule has 1 aromatic rings. The van der Waals surface area contributed by atoms with Gasteiger partial charge in [-0.1, -0.05) is 0 Å². The number of hydrogen-bond acceptors (Lipinski definition) is 6. The molecule has 1 aliphatic rings. The lowest BCUT2D eigenvalue weighted by molar-refractivity contribution is -0.138. The van der Waals surface area contributed by atoms with Crippen molar-refractivity contribution in [3.63, 3.8) is 0 Å². The summed E-state index contributed by atoms with van der Waals surface area (Å²) in [7, 11) is 0. The van der Waals surface area contributed by atoms with Crippen molar-refractivity contribution < 1.29 is 27.5 Å². The molecule has 0 aliphatic carbocycles. The Kier molecular flexibility index (Phi) is 7.72. The molecule has 0 saturated carbocycles. The van der Waals surface area contributed by atoms with Crippen LogP contribution in [0.4, 0.5) is 23.9 Å². The van der Waals surface area contributed by atoms with Crippen LogP contribution in [0.3, 0.4) is 0 Å². The normalized spacial score (nSPS) is 15.3. The first-order valence-corrected chi connectivity index (χ1v) is 10.2. The fraction of sp³-hybridized carbons (Fsp3) is 0.700. The van der Waals surface area contributed by atoms with E-state index in [1.807, 2.05) is 13.8 Å². The van der Waals surface area contributed by atoms with Gasteiger partial charge in [0.1, 0.15) is 5.60 Å². The van der Waals surface area contributed by atoms with Crippen LogP contribution in [0.15, 0.2) is 12.4 Å². The summed E-state index contributed by atoms with van der Waals surface area (Å²) in [6, 6.07) is -0.115. The zero-order chi connectivity index (χ0) is 23.4. The zero-order valence-electron chi connectivity index (χ0n) is 18.6. The number of piperazine rings is 1. The summed E-state index contributed by atoms with van der Waals surface area (Å²) in [6.07, 6.45) is -3.26. The van der Waals surface area contributed by atoms with Crippen molar-refractivity contribution >= 4 is 17.9 Å². The maximum Gasteiger partial charge on any atom is 0.419 e. The topological polar surface area (TPSA) is 78.9 Å². The Morgan fingerprint density at radius 3 is 2.10 bits per heavy atom. The molecule has 0 aromatic carbocycles. The summed E-state index contributed by atoms with van der Waals surface area (Å²) in [6.45, 7) is 10.9. The molecule has 1 aliphatic heterocycles. The molecule has 0 radical (unpaired) electrons. The van der Waals surface area contributed by atoms with Crippen LogP contribution in [-0.4, -0.2) is 76.1 Å². The lowest BCUT2D eigenvalue weighted by Crippen LogP contribution is -2.50. The number of aromatic nitrogens is 2.